The number of carbonyl (C=O) groups excluding carboxylic acids is 1. The SMILES string of the molecule is O=C(COc1ccc(Br)cc1)NC(=S)N1CCCc2ccccc21. The lowest BCUT2D eigenvalue weighted by molar-refractivity contribution is -0.121. The highest BCUT2D eigenvalue weighted by molar-refractivity contribution is 9.10. The van der Waals surface area contributed by atoms with Gasteiger partial charge in [-0.05, 0) is 61.0 Å². The molecule has 0 saturated heterocycles. The number of para-hydroxylation sites is 1. The van der Waals surface area contributed by atoms with Crippen molar-refractivity contribution in [2.45, 2.75) is 12.8 Å². The molecule has 1 amide bonds. The minimum Gasteiger partial charge on any atom is -0.484 e. The molecule has 2 aromatic carbocycles. The molecule has 0 atom stereocenters. The number of halogens is 1. The summed E-state index contributed by atoms with van der Waals surface area (Å²) in [5.41, 5.74) is 2.33. The number of hydrogen-bond acceptors (Lipinski definition) is 3. The van der Waals surface area contributed by atoms with Crippen LogP contribution in [-0.4, -0.2) is 24.2 Å². The third-order valence-electron chi connectivity index (χ3n) is 3.79. The summed E-state index contributed by atoms with van der Waals surface area (Å²) in [5, 5.41) is 3.18. The lowest BCUT2D eigenvalue weighted by atomic mass is 10.0. The van der Waals surface area contributed by atoms with Crippen LogP contribution in [0.25, 0.3) is 0 Å². The van der Waals surface area contributed by atoms with Gasteiger partial charge in [-0.2, -0.15) is 0 Å². The van der Waals surface area contributed by atoms with E-state index in [0.717, 1.165) is 29.5 Å². The molecule has 0 fully saturated rings. The molecule has 0 bridgehead atoms. The number of amides is 1. The third-order valence-corrected chi connectivity index (χ3v) is 4.64. The smallest absolute Gasteiger partial charge is 0.264 e. The predicted octanol–water partition coefficient (Wildman–Crippen LogP) is 3.68. The number of ether oxygens (including phenoxy) is 1. The second kappa shape index (κ2) is 7.77. The molecule has 6 heteroatoms. The van der Waals surface area contributed by atoms with Crippen LogP contribution in [0, 0.1) is 0 Å². The van der Waals surface area contributed by atoms with Gasteiger partial charge in [0.25, 0.3) is 5.91 Å². The van der Waals surface area contributed by atoms with E-state index in [1.54, 1.807) is 12.1 Å². The summed E-state index contributed by atoms with van der Waals surface area (Å²) in [6, 6.07) is 15.5. The van der Waals surface area contributed by atoms with E-state index < -0.39 is 0 Å². The Morgan fingerprint density at radius 2 is 1.96 bits per heavy atom. The highest BCUT2D eigenvalue weighted by Crippen LogP contribution is 2.26. The molecule has 24 heavy (non-hydrogen) atoms. The Kier molecular flexibility index (Phi) is 5.48. The number of anilines is 1. The number of fused-ring (bicyclic) bond motifs is 1. The quantitative estimate of drug-likeness (QED) is 0.792. The van der Waals surface area contributed by atoms with E-state index in [-0.39, 0.29) is 12.5 Å². The largest absolute Gasteiger partial charge is 0.484 e. The fourth-order valence-corrected chi connectivity index (χ4v) is 3.21. The van der Waals surface area contributed by atoms with Gasteiger partial charge < -0.3 is 9.64 Å². The summed E-state index contributed by atoms with van der Waals surface area (Å²) < 4.78 is 6.43. The average Bonchev–Trinajstić information content (AvgIpc) is 2.60. The maximum atomic E-state index is 12.1. The minimum atomic E-state index is -0.258. The van der Waals surface area contributed by atoms with E-state index in [4.69, 9.17) is 17.0 Å². The Bertz CT molecular complexity index is 749. The summed E-state index contributed by atoms with van der Waals surface area (Å²) in [6.07, 6.45) is 2.05. The third kappa shape index (κ3) is 4.13. The van der Waals surface area contributed by atoms with Crippen molar-refractivity contribution in [3.63, 3.8) is 0 Å². The topological polar surface area (TPSA) is 41.6 Å². The molecule has 1 aliphatic rings. The molecular formula is C18H17BrN2O2S. The van der Waals surface area contributed by atoms with Crippen LogP contribution < -0.4 is 15.0 Å². The first-order valence-corrected chi connectivity index (χ1v) is 8.91. The van der Waals surface area contributed by atoms with Crippen LogP contribution in [0.15, 0.2) is 53.0 Å². The van der Waals surface area contributed by atoms with Gasteiger partial charge in [0.05, 0.1) is 0 Å². The van der Waals surface area contributed by atoms with Crippen molar-refractivity contribution in [2.24, 2.45) is 0 Å². The minimum absolute atomic E-state index is 0.0722. The molecule has 1 N–H and O–H groups in total. The fraction of sp³-hybridized carbons (Fsp3) is 0.222. The second-order valence-corrected chi connectivity index (χ2v) is 6.78. The monoisotopic (exact) mass is 404 g/mol. The maximum Gasteiger partial charge on any atom is 0.264 e. The molecule has 0 aliphatic carbocycles. The zero-order valence-corrected chi connectivity index (χ0v) is 15.4. The summed E-state index contributed by atoms with van der Waals surface area (Å²) in [6.45, 7) is 0.737. The highest BCUT2D eigenvalue weighted by Gasteiger charge is 2.20. The Hall–Kier alpha value is -1.92. The van der Waals surface area contributed by atoms with E-state index >= 15 is 0 Å². The Morgan fingerprint density at radius 1 is 1.21 bits per heavy atom. The normalized spacial score (nSPS) is 13.1. The Labute approximate surface area is 154 Å². The van der Waals surface area contributed by atoms with Crippen LogP contribution in [0.4, 0.5) is 5.69 Å². The van der Waals surface area contributed by atoms with Gasteiger partial charge in [-0.3, -0.25) is 10.1 Å². The number of rotatable bonds is 3. The zero-order valence-electron chi connectivity index (χ0n) is 13.0. The Morgan fingerprint density at radius 3 is 2.75 bits per heavy atom. The standard InChI is InChI=1S/C18H17BrN2O2S/c19-14-7-9-15(10-8-14)23-12-17(22)20-18(24)21-11-3-5-13-4-1-2-6-16(13)21/h1-2,4,6-10H,3,5,11-12H2,(H,20,22,24). The van der Waals surface area contributed by atoms with Crippen LogP contribution in [0.5, 0.6) is 5.75 Å². The summed E-state index contributed by atoms with van der Waals surface area (Å²) in [5.74, 6) is 0.383. The van der Waals surface area contributed by atoms with E-state index in [0.29, 0.717) is 10.9 Å². The van der Waals surface area contributed by atoms with Gasteiger partial charge in [-0.25, -0.2) is 0 Å². The lowest BCUT2D eigenvalue weighted by Gasteiger charge is -2.31. The van der Waals surface area contributed by atoms with Crippen molar-refractivity contribution >= 4 is 44.9 Å². The average molecular weight is 405 g/mol. The van der Waals surface area contributed by atoms with Gasteiger partial charge >= 0.3 is 0 Å². The molecule has 0 unspecified atom stereocenters. The molecule has 1 heterocycles. The summed E-state index contributed by atoms with van der Waals surface area (Å²) >= 11 is 8.76. The summed E-state index contributed by atoms with van der Waals surface area (Å²) in [4.78, 5) is 14.1. The van der Waals surface area contributed by atoms with Gasteiger partial charge in [0, 0.05) is 16.7 Å². The van der Waals surface area contributed by atoms with Gasteiger partial charge in [0.15, 0.2) is 11.7 Å². The van der Waals surface area contributed by atoms with Gasteiger partial charge in [0.2, 0.25) is 0 Å². The van der Waals surface area contributed by atoms with Crippen LogP contribution in [-0.2, 0) is 11.2 Å². The number of aryl methyl sites for hydroxylation is 1. The zero-order chi connectivity index (χ0) is 16.9. The molecule has 3 rings (SSSR count). The number of thiocarbonyl (C=S) groups is 1. The van der Waals surface area contributed by atoms with Crippen molar-refractivity contribution in [2.75, 3.05) is 18.1 Å². The first-order valence-electron chi connectivity index (χ1n) is 7.71. The number of carbonyl (C=O) groups is 1. The number of benzene rings is 2. The fourth-order valence-electron chi connectivity index (χ4n) is 2.65. The molecule has 124 valence electrons. The molecule has 0 aromatic heterocycles. The number of nitrogens with one attached hydrogen (secondary N) is 1. The van der Waals surface area contributed by atoms with E-state index in [1.807, 2.05) is 35.2 Å². The first-order chi connectivity index (χ1) is 11.6. The second-order valence-electron chi connectivity index (χ2n) is 5.48. The van der Waals surface area contributed by atoms with Crippen LogP contribution in [0.1, 0.15) is 12.0 Å². The number of nitrogens with zero attached hydrogens (tertiary/aromatic N) is 1. The highest BCUT2D eigenvalue weighted by atomic mass is 79.9. The van der Waals surface area contributed by atoms with Gasteiger partial charge in [-0.15, -0.1) is 0 Å². The lowest BCUT2D eigenvalue weighted by Crippen LogP contribution is -2.46. The van der Waals surface area contributed by atoms with E-state index in [2.05, 4.69) is 27.3 Å². The van der Waals surface area contributed by atoms with Crippen molar-refractivity contribution in [1.82, 2.24) is 5.32 Å². The maximum absolute atomic E-state index is 12.1. The van der Waals surface area contributed by atoms with Crippen LogP contribution >= 0.6 is 28.1 Å². The van der Waals surface area contributed by atoms with Crippen molar-refractivity contribution in [3.05, 3.63) is 58.6 Å². The molecular weight excluding hydrogens is 388 g/mol. The van der Waals surface area contributed by atoms with Crippen molar-refractivity contribution in [1.29, 1.82) is 0 Å². The summed E-state index contributed by atoms with van der Waals surface area (Å²) in [7, 11) is 0. The van der Waals surface area contributed by atoms with Crippen molar-refractivity contribution in [3.8, 4) is 5.75 Å². The van der Waals surface area contributed by atoms with E-state index in [9.17, 15) is 4.79 Å². The first kappa shape index (κ1) is 16.9. The Balaban J connectivity index is 1.57. The van der Waals surface area contributed by atoms with Gasteiger partial charge in [0.1, 0.15) is 5.75 Å². The molecule has 0 spiro atoms. The molecule has 0 saturated carbocycles. The van der Waals surface area contributed by atoms with Gasteiger partial charge in [-0.1, -0.05) is 34.1 Å². The van der Waals surface area contributed by atoms with Crippen LogP contribution in [0.3, 0.4) is 0 Å². The number of hydrogen-bond donors (Lipinski definition) is 1. The predicted molar refractivity (Wildman–Crippen MR) is 102 cm³/mol. The van der Waals surface area contributed by atoms with Crippen molar-refractivity contribution < 1.29 is 9.53 Å². The molecule has 4 nitrogen and oxygen atoms in total. The molecule has 2 aromatic rings. The molecule has 1 aliphatic heterocycles. The van der Waals surface area contributed by atoms with E-state index in [1.165, 1.54) is 5.56 Å². The molecule has 0 radical (unpaired) electrons. The van der Waals surface area contributed by atoms with Crippen LogP contribution in [0.2, 0.25) is 0 Å².